The van der Waals surface area contributed by atoms with E-state index in [9.17, 15) is 9.59 Å². The van der Waals surface area contributed by atoms with Gasteiger partial charge in [0.05, 0.1) is 28.3 Å². The number of rotatable bonds is 10. The van der Waals surface area contributed by atoms with Gasteiger partial charge in [0, 0.05) is 16.7 Å². The van der Waals surface area contributed by atoms with Crippen LogP contribution in [0.25, 0.3) is 0 Å². The highest BCUT2D eigenvalue weighted by molar-refractivity contribution is 6.43. The SMILES string of the molecule is CCOC(=O)c1nnn(COc2ccc(Cl)cc2COc2cc(Cl)c(Cl)cc2Cl)c1C(=O)OCC. The van der Waals surface area contributed by atoms with Gasteiger partial charge in [-0.1, -0.05) is 51.6 Å². The Bertz CT molecular complexity index is 1230. The number of nitrogens with zero attached hydrogens (tertiary/aromatic N) is 3. The van der Waals surface area contributed by atoms with E-state index in [1.54, 1.807) is 32.0 Å². The molecule has 186 valence electrons. The van der Waals surface area contributed by atoms with Crippen LogP contribution in [0, 0.1) is 0 Å². The fourth-order valence-corrected chi connectivity index (χ4v) is 3.63. The van der Waals surface area contributed by atoms with Crippen LogP contribution < -0.4 is 9.47 Å². The number of esters is 2. The standard InChI is InChI=1S/C22H19Cl4N3O6/c1-3-32-21(30)19-20(22(31)33-4-2)29(28-27-19)11-35-17-6-5-13(23)7-12(17)10-34-18-9-15(25)14(24)8-16(18)26/h5-9H,3-4,10-11H2,1-2H3. The maximum atomic E-state index is 12.5. The van der Waals surface area contributed by atoms with E-state index in [0.29, 0.717) is 27.1 Å². The second-order valence-corrected chi connectivity index (χ2v) is 8.40. The predicted molar refractivity (Wildman–Crippen MR) is 130 cm³/mol. The van der Waals surface area contributed by atoms with E-state index < -0.39 is 11.9 Å². The minimum absolute atomic E-state index is 0.0176. The van der Waals surface area contributed by atoms with Crippen molar-refractivity contribution in [2.24, 2.45) is 0 Å². The number of aromatic nitrogens is 3. The van der Waals surface area contributed by atoms with Crippen LogP contribution in [0.15, 0.2) is 30.3 Å². The smallest absolute Gasteiger partial charge is 0.361 e. The van der Waals surface area contributed by atoms with Crippen molar-refractivity contribution in [1.29, 1.82) is 0 Å². The number of hydrogen-bond acceptors (Lipinski definition) is 8. The van der Waals surface area contributed by atoms with Gasteiger partial charge in [-0.25, -0.2) is 14.3 Å². The third-order valence-electron chi connectivity index (χ3n) is 4.40. The van der Waals surface area contributed by atoms with Crippen molar-refractivity contribution in [1.82, 2.24) is 15.0 Å². The lowest BCUT2D eigenvalue weighted by atomic mass is 10.2. The number of benzene rings is 2. The van der Waals surface area contributed by atoms with E-state index in [1.807, 2.05) is 0 Å². The Morgan fingerprint density at radius 3 is 2.26 bits per heavy atom. The lowest BCUT2D eigenvalue weighted by Crippen LogP contribution is -2.20. The molecule has 0 atom stereocenters. The highest BCUT2D eigenvalue weighted by Crippen LogP contribution is 2.35. The lowest BCUT2D eigenvalue weighted by molar-refractivity contribution is 0.0461. The van der Waals surface area contributed by atoms with Crippen LogP contribution in [-0.4, -0.2) is 40.1 Å². The molecule has 0 amide bonds. The molecule has 3 aromatic rings. The van der Waals surface area contributed by atoms with Crippen molar-refractivity contribution >= 4 is 58.3 Å². The van der Waals surface area contributed by atoms with Gasteiger partial charge in [0.15, 0.2) is 12.4 Å². The first-order chi connectivity index (χ1) is 16.7. The minimum Gasteiger partial charge on any atom is -0.487 e. The summed E-state index contributed by atoms with van der Waals surface area (Å²) in [7, 11) is 0. The van der Waals surface area contributed by atoms with Crippen molar-refractivity contribution in [2.45, 2.75) is 27.2 Å². The van der Waals surface area contributed by atoms with Crippen LogP contribution in [0.1, 0.15) is 40.4 Å². The van der Waals surface area contributed by atoms with Gasteiger partial charge in [-0.2, -0.15) is 0 Å². The van der Waals surface area contributed by atoms with Gasteiger partial charge in [0.2, 0.25) is 5.69 Å². The van der Waals surface area contributed by atoms with Crippen molar-refractivity contribution in [3.05, 3.63) is 67.4 Å². The summed E-state index contributed by atoms with van der Waals surface area (Å²) in [6, 6.07) is 7.84. The van der Waals surface area contributed by atoms with Gasteiger partial charge in [-0.05, 0) is 38.1 Å². The molecule has 2 aromatic carbocycles. The zero-order valence-corrected chi connectivity index (χ0v) is 21.5. The van der Waals surface area contributed by atoms with Crippen LogP contribution in [0.4, 0.5) is 0 Å². The Kier molecular flexibility index (Phi) is 9.45. The summed E-state index contributed by atoms with van der Waals surface area (Å²) in [5.41, 5.74) is 0.0885. The summed E-state index contributed by atoms with van der Waals surface area (Å²) in [6.45, 7) is 3.19. The predicted octanol–water partition coefficient (Wildman–Crippen LogP) is 5.86. The Hall–Kier alpha value is -2.72. The largest absolute Gasteiger partial charge is 0.487 e. The maximum absolute atomic E-state index is 12.5. The zero-order chi connectivity index (χ0) is 25.5. The molecule has 0 unspecified atom stereocenters. The van der Waals surface area contributed by atoms with Crippen LogP contribution in [-0.2, 0) is 22.8 Å². The minimum atomic E-state index is -0.805. The Morgan fingerprint density at radius 2 is 1.54 bits per heavy atom. The van der Waals surface area contributed by atoms with Crippen molar-refractivity contribution in [3.63, 3.8) is 0 Å². The topological polar surface area (TPSA) is 102 Å². The molecule has 0 saturated heterocycles. The number of halogens is 4. The summed E-state index contributed by atoms with van der Waals surface area (Å²) in [4.78, 5) is 24.7. The summed E-state index contributed by atoms with van der Waals surface area (Å²) in [5.74, 6) is -0.917. The molecule has 9 nitrogen and oxygen atoms in total. The Labute approximate surface area is 220 Å². The van der Waals surface area contributed by atoms with Crippen LogP contribution in [0.3, 0.4) is 0 Å². The first-order valence-electron chi connectivity index (χ1n) is 10.2. The molecule has 13 heteroatoms. The van der Waals surface area contributed by atoms with Crippen LogP contribution in [0.2, 0.25) is 20.1 Å². The summed E-state index contributed by atoms with van der Waals surface area (Å²) in [5, 5.41) is 8.90. The molecule has 1 aromatic heterocycles. The van der Waals surface area contributed by atoms with Crippen LogP contribution in [0.5, 0.6) is 11.5 Å². The normalized spacial score (nSPS) is 10.7. The molecule has 0 fully saturated rings. The Morgan fingerprint density at radius 1 is 0.857 bits per heavy atom. The van der Waals surface area contributed by atoms with Gasteiger partial charge in [0.25, 0.3) is 0 Å². The van der Waals surface area contributed by atoms with E-state index >= 15 is 0 Å². The van der Waals surface area contributed by atoms with E-state index in [2.05, 4.69) is 10.3 Å². The molecule has 3 rings (SSSR count). The van der Waals surface area contributed by atoms with Gasteiger partial charge >= 0.3 is 11.9 Å². The summed E-state index contributed by atoms with van der Waals surface area (Å²) < 4.78 is 22.7. The van der Waals surface area contributed by atoms with Gasteiger partial charge in [-0.15, -0.1) is 5.10 Å². The molecule has 0 aliphatic heterocycles. The average Bonchev–Trinajstić information content (AvgIpc) is 3.24. The number of carbonyl (C=O) groups excluding carboxylic acids is 2. The highest BCUT2D eigenvalue weighted by atomic mass is 35.5. The monoisotopic (exact) mass is 561 g/mol. The number of hydrogen-bond donors (Lipinski definition) is 0. The molecule has 35 heavy (non-hydrogen) atoms. The fourth-order valence-electron chi connectivity index (χ4n) is 2.84. The third kappa shape index (κ3) is 6.70. The molecule has 0 radical (unpaired) electrons. The third-order valence-corrected chi connectivity index (χ3v) is 5.65. The zero-order valence-electron chi connectivity index (χ0n) is 18.5. The molecule has 0 spiro atoms. The molecular weight excluding hydrogens is 544 g/mol. The molecule has 0 bridgehead atoms. The van der Waals surface area contributed by atoms with E-state index in [-0.39, 0.29) is 48.0 Å². The molecule has 0 aliphatic rings. The second kappa shape index (κ2) is 12.3. The molecular formula is C22H19Cl4N3O6. The second-order valence-electron chi connectivity index (χ2n) is 6.74. The van der Waals surface area contributed by atoms with Crippen LogP contribution >= 0.6 is 46.4 Å². The first kappa shape index (κ1) is 26.9. The molecule has 0 aliphatic carbocycles. The Balaban J connectivity index is 1.82. The first-order valence-corrected chi connectivity index (χ1v) is 11.7. The van der Waals surface area contributed by atoms with Crippen molar-refractivity contribution in [2.75, 3.05) is 13.2 Å². The van der Waals surface area contributed by atoms with Crippen molar-refractivity contribution in [3.8, 4) is 11.5 Å². The summed E-state index contributed by atoms with van der Waals surface area (Å²) in [6.07, 6.45) is 0. The highest BCUT2D eigenvalue weighted by Gasteiger charge is 2.28. The molecule has 1 heterocycles. The molecule has 0 N–H and O–H groups in total. The molecule has 0 saturated carbocycles. The number of ether oxygens (including phenoxy) is 4. The van der Waals surface area contributed by atoms with E-state index in [1.165, 1.54) is 12.1 Å². The average molecular weight is 563 g/mol. The van der Waals surface area contributed by atoms with E-state index in [0.717, 1.165) is 4.68 Å². The fraction of sp³-hybridized carbons (Fsp3) is 0.273. The van der Waals surface area contributed by atoms with Gasteiger partial charge in [-0.3, -0.25) is 0 Å². The van der Waals surface area contributed by atoms with Gasteiger partial charge < -0.3 is 18.9 Å². The lowest BCUT2D eigenvalue weighted by Gasteiger charge is -2.15. The maximum Gasteiger partial charge on any atom is 0.361 e. The number of carbonyl (C=O) groups is 2. The summed E-state index contributed by atoms with van der Waals surface area (Å²) >= 11 is 24.3. The van der Waals surface area contributed by atoms with Gasteiger partial charge in [0.1, 0.15) is 18.1 Å². The van der Waals surface area contributed by atoms with E-state index in [4.69, 9.17) is 65.4 Å². The quantitative estimate of drug-likeness (QED) is 0.223. The van der Waals surface area contributed by atoms with Crippen molar-refractivity contribution < 1.29 is 28.5 Å².